The highest BCUT2D eigenvalue weighted by molar-refractivity contribution is 7.07. The number of piperidine rings is 1. The van der Waals surface area contributed by atoms with Crippen molar-refractivity contribution in [2.24, 2.45) is 5.92 Å². The van der Waals surface area contributed by atoms with Crippen LogP contribution in [0.25, 0.3) is 0 Å². The summed E-state index contributed by atoms with van der Waals surface area (Å²) in [6, 6.07) is 0.283. The molecule has 5 rings (SSSR count). The maximum Gasteiger partial charge on any atom is 0.289 e. The van der Waals surface area contributed by atoms with Crippen LogP contribution in [0.2, 0.25) is 0 Å². The summed E-state index contributed by atoms with van der Waals surface area (Å²) in [6.07, 6.45) is 4.01. The van der Waals surface area contributed by atoms with Gasteiger partial charge in [0.1, 0.15) is 0 Å². The number of nitrogens with one attached hydrogen (secondary N) is 1. The summed E-state index contributed by atoms with van der Waals surface area (Å²) in [5.41, 5.74) is 3.95. The smallest absolute Gasteiger partial charge is 0.289 e. The number of fused-ring (bicyclic) bond motifs is 4. The Morgan fingerprint density at radius 1 is 1.35 bits per heavy atom. The molecular formula is C16H21N5OS. The van der Waals surface area contributed by atoms with Crippen LogP contribution in [0.1, 0.15) is 34.8 Å². The highest BCUT2D eigenvalue weighted by atomic mass is 32.1. The van der Waals surface area contributed by atoms with E-state index in [0.29, 0.717) is 11.7 Å². The Balaban J connectivity index is 1.50. The lowest BCUT2D eigenvalue weighted by atomic mass is 9.95. The third-order valence-electron chi connectivity index (χ3n) is 4.82. The highest BCUT2D eigenvalue weighted by Gasteiger charge is 2.38. The topological polar surface area (TPSA) is 65.1 Å². The zero-order chi connectivity index (χ0) is 15.8. The summed E-state index contributed by atoms with van der Waals surface area (Å²) in [7, 11) is 0. The Kier molecular flexibility index (Phi) is 3.90. The summed E-state index contributed by atoms with van der Waals surface area (Å²) < 4.78 is 0. The van der Waals surface area contributed by atoms with Crippen molar-refractivity contribution in [1.29, 1.82) is 0 Å². The SMILES string of the molecule is Cc1cnc(C(=O)N2C[C@H]3CC[C@@H]2CN(Cc2cscn2)C3)[nH]1. The first kappa shape index (κ1) is 14.8. The van der Waals surface area contributed by atoms with E-state index in [1.54, 1.807) is 17.5 Å². The molecule has 0 spiro atoms. The van der Waals surface area contributed by atoms with Gasteiger partial charge in [0.05, 0.1) is 11.2 Å². The van der Waals surface area contributed by atoms with Crippen molar-refractivity contribution in [3.8, 4) is 0 Å². The third kappa shape index (κ3) is 3.03. The van der Waals surface area contributed by atoms with E-state index in [1.165, 1.54) is 6.42 Å². The fourth-order valence-electron chi connectivity index (χ4n) is 3.76. The number of imidazole rings is 1. The Morgan fingerprint density at radius 2 is 2.26 bits per heavy atom. The number of hydrogen-bond acceptors (Lipinski definition) is 5. The molecule has 2 atom stereocenters. The molecule has 0 aliphatic carbocycles. The molecule has 7 heteroatoms. The second kappa shape index (κ2) is 6.05. The zero-order valence-corrected chi connectivity index (χ0v) is 14.1. The van der Waals surface area contributed by atoms with Crippen LogP contribution in [-0.2, 0) is 6.54 Å². The number of carbonyl (C=O) groups is 1. The maximum absolute atomic E-state index is 12.8. The molecule has 6 nitrogen and oxygen atoms in total. The number of aromatic nitrogens is 3. The fraction of sp³-hybridized carbons (Fsp3) is 0.562. The molecule has 3 fully saturated rings. The van der Waals surface area contributed by atoms with Crippen LogP contribution in [0.5, 0.6) is 0 Å². The molecule has 0 saturated carbocycles. The second-order valence-corrected chi connectivity index (χ2v) is 7.36. The van der Waals surface area contributed by atoms with Crippen LogP contribution in [-0.4, -0.2) is 56.3 Å². The molecule has 2 bridgehead atoms. The minimum absolute atomic E-state index is 0.0447. The van der Waals surface area contributed by atoms with Crippen LogP contribution in [0.3, 0.4) is 0 Å². The Labute approximate surface area is 139 Å². The molecule has 1 amide bonds. The number of carbonyl (C=O) groups excluding carboxylic acids is 1. The fourth-order valence-corrected chi connectivity index (χ4v) is 4.31. The lowest BCUT2D eigenvalue weighted by Crippen LogP contribution is -2.47. The lowest BCUT2D eigenvalue weighted by molar-refractivity contribution is 0.0573. The van der Waals surface area contributed by atoms with E-state index in [0.717, 1.165) is 44.0 Å². The van der Waals surface area contributed by atoms with Crippen LogP contribution >= 0.6 is 11.3 Å². The highest BCUT2D eigenvalue weighted by Crippen LogP contribution is 2.29. The minimum atomic E-state index is 0.0447. The van der Waals surface area contributed by atoms with Gasteiger partial charge >= 0.3 is 0 Å². The van der Waals surface area contributed by atoms with E-state index < -0.39 is 0 Å². The van der Waals surface area contributed by atoms with E-state index in [4.69, 9.17) is 0 Å². The third-order valence-corrected chi connectivity index (χ3v) is 5.46. The number of nitrogens with zero attached hydrogens (tertiary/aromatic N) is 4. The molecule has 2 aromatic rings. The van der Waals surface area contributed by atoms with Gasteiger partial charge in [-0.25, -0.2) is 9.97 Å². The van der Waals surface area contributed by atoms with Crippen molar-refractivity contribution >= 4 is 17.2 Å². The van der Waals surface area contributed by atoms with Gasteiger partial charge in [-0.1, -0.05) is 0 Å². The molecule has 122 valence electrons. The number of H-pyrrole nitrogens is 1. The van der Waals surface area contributed by atoms with Crippen molar-refractivity contribution < 1.29 is 4.79 Å². The monoisotopic (exact) mass is 331 g/mol. The van der Waals surface area contributed by atoms with Crippen molar-refractivity contribution in [2.45, 2.75) is 32.4 Å². The van der Waals surface area contributed by atoms with Gasteiger partial charge in [-0.2, -0.15) is 0 Å². The van der Waals surface area contributed by atoms with Crippen LogP contribution in [0.15, 0.2) is 17.1 Å². The van der Waals surface area contributed by atoms with Gasteiger partial charge in [-0.05, 0) is 25.7 Å². The summed E-state index contributed by atoms with van der Waals surface area (Å²) in [5.74, 6) is 1.07. The van der Waals surface area contributed by atoms with Crippen molar-refractivity contribution in [3.05, 3.63) is 34.3 Å². The molecule has 0 aromatic carbocycles. The first-order valence-corrected chi connectivity index (χ1v) is 9.05. The van der Waals surface area contributed by atoms with E-state index >= 15 is 0 Å². The molecule has 3 saturated heterocycles. The first-order chi connectivity index (χ1) is 11.2. The van der Waals surface area contributed by atoms with Gasteiger partial charge in [0.15, 0.2) is 5.82 Å². The van der Waals surface area contributed by atoms with E-state index in [1.807, 2.05) is 17.3 Å². The number of hydrogen-bond donors (Lipinski definition) is 1. The maximum atomic E-state index is 12.8. The molecule has 0 radical (unpaired) electrons. The van der Waals surface area contributed by atoms with Gasteiger partial charge in [0.2, 0.25) is 0 Å². The van der Waals surface area contributed by atoms with Gasteiger partial charge in [0, 0.05) is 49.5 Å². The van der Waals surface area contributed by atoms with Crippen LogP contribution in [0.4, 0.5) is 0 Å². The molecule has 23 heavy (non-hydrogen) atoms. The minimum Gasteiger partial charge on any atom is -0.338 e. The van der Waals surface area contributed by atoms with E-state index in [9.17, 15) is 4.79 Å². The predicted octanol–water partition coefficient (Wildman–Crippen LogP) is 1.91. The average Bonchev–Trinajstić information content (AvgIpc) is 3.12. The van der Waals surface area contributed by atoms with Gasteiger partial charge < -0.3 is 9.88 Å². The number of amides is 1. The summed E-state index contributed by atoms with van der Waals surface area (Å²) in [4.78, 5) is 29.0. The standard InChI is InChI=1S/C16H21N5OS/c1-11-4-17-15(19-11)16(22)21-6-12-2-3-14(21)8-20(5-12)7-13-9-23-10-18-13/h4,9-10,12,14H,2-3,5-8H2,1H3,(H,17,19)/t12-,14+/m0/s1. The molecule has 1 N–H and O–H groups in total. The van der Waals surface area contributed by atoms with Gasteiger partial charge in [-0.3, -0.25) is 9.69 Å². The molecule has 2 aromatic heterocycles. The largest absolute Gasteiger partial charge is 0.338 e. The van der Waals surface area contributed by atoms with Crippen LogP contribution in [0, 0.1) is 12.8 Å². The van der Waals surface area contributed by atoms with Gasteiger partial charge in [0.25, 0.3) is 5.91 Å². The summed E-state index contributed by atoms with van der Waals surface area (Å²) in [5, 5.41) is 2.11. The Morgan fingerprint density at radius 3 is 3.00 bits per heavy atom. The molecular weight excluding hydrogens is 310 g/mol. The van der Waals surface area contributed by atoms with E-state index in [-0.39, 0.29) is 11.9 Å². The number of aryl methyl sites for hydroxylation is 1. The molecule has 0 unspecified atom stereocenters. The number of thiazole rings is 1. The number of aromatic amines is 1. The average molecular weight is 331 g/mol. The molecule has 3 aliphatic heterocycles. The molecule has 3 aliphatic rings. The number of rotatable bonds is 3. The first-order valence-electron chi connectivity index (χ1n) is 8.11. The van der Waals surface area contributed by atoms with Crippen molar-refractivity contribution in [1.82, 2.24) is 24.8 Å². The summed E-state index contributed by atoms with van der Waals surface area (Å²) >= 11 is 1.64. The van der Waals surface area contributed by atoms with Gasteiger partial charge in [-0.15, -0.1) is 11.3 Å². The normalized spacial score (nSPS) is 24.8. The summed E-state index contributed by atoms with van der Waals surface area (Å²) in [6.45, 7) is 5.64. The molecule has 5 heterocycles. The van der Waals surface area contributed by atoms with E-state index in [2.05, 4.69) is 25.2 Å². The zero-order valence-electron chi connectivity index (χ0n) is 13.2. The quantitative estimate of drug-likeness (QED) is 0.933. The van der Waals surface area contributed by atoms with Crippen LogP contribution < -0.4 is 0 Å². The predicted molar refractivity (Wildman–Crippen MR) is 88.3 cm³/mol. The Bertz CT molecular complexity index is 682. The second-order valence-electron chi connectivity index (χ2n) is 6.64. The Hall–Kier alpha value is -1.73. The lowest BCUT2D eigenvalue weighted by Gasteiger charge is -2.35. The van der Waals surface area contributed by atoms with Crippen molar-refractivity contribution in [2.75, 3.05) is 19.6 Å². The van der Waals surface area contributed by atoms with Crippen molar-refractivity contribution in [3.63, 3.8) is 0 Å².